The van der Waals surface area contributed by atoms with Crippen LogP contribution in [0.1, 0.15) is 5.56 Å². The molecule has 2 aromatic rings. The molecule has 0 unspecified atom stereocenters. The third-order valence-corrected chi connectivity index (χ3v) is 4.50. The fraction of sp³-hybridized carbons (Fsp3) is 0.421. The lowest BCUT2D eigenvalue weighted by atomic mass is 10.1. The molecule has 3 rings (SSSR count). The lowest BCUT2D eigenvalue weighted by Gasteiger charge is -2.28. The highest BCUT2D eigenvalue weighted by Crippen LogP contribution is 2.22. The smallest absolute Gasteiger partial charge is 0.336 e. The molecule has 1 aromatic heterocycles. The molecule has 0 aliphatic carbocycles. The summed E-state index contributed by atoms with van der Waals surface area (Å²) in [6.45, 7) is 1.46. The number of hydrazine groups is 1. The first-order chi connectivity index (χ1) is 14.0. The van der Waals surface area contributed by atoms with Crippen LogP contribution in [0.4, 0.5) is 0 Å². The predicted octanol–water partition coefficient (Wildman–Crippen LogP) is -0.815. The van der Waals surface area contributed by atoms with E-state index < -0.39 is 30.1 Å². The van der Waals surface area contributed by atoms with Crippen LogP contribution >= 0.6 is 0 Å². The standard InChI is InChI=1S/C19H23N3O7/c1-27-13-2-3-14-12(9-18(25)29-16(14)10-13)8-17(24)20-15(11-23)19(26)21-22-4-6-28-7-5-22/h2-3,9-10,15,23H,4-8,11H2,1H3,(H,20,24)(H,21,26)/t15-/m0/s1. The maximum absolute atomic E-state index is 12.5. The number of benzene rings is 1. The topological polar surface area (TPSA) is 130 Å². The van der Waals surface area contributed by atoms with Crippen molar-refractivity contribution in [1.29, 1.82) is 0 Å². The van der Waals surface area contributed by atoms with Crippen LogP contribution in [0, 0.1) is 0 Å². The van der Waals surface area contributed by atoms with Gasteiger partial charge in [-0.1, -0.05) is 0 Å². The molecule has 1 atom stereocenters. The van der Waals surface area contributed by atoms with E-state index in [0.717, 1.165) is 0 Å². The highest BCUT2D eigenvalue weighted by molar-refractivity contribution is 5.91. The lowest BCUT2D eigenvalue weighted by Crippen LogP contribution is -2.56. The first-order valence-electron chi connectivity index (χ1n) is 9.14. The summed E-state index contributed by atoms with van der Waals surface area (Å²) < 4.78 is 15.5. The first-order valence-corrected chi connectivity index (χ1v) is 9.14. The molecule has 1 aromatic carbocycles. The zero-order valence-electron chi connectivity index (χ0n) is 16.0. The SMILES string of the molecule is COc1ccc2c(CC(=O)N[C@@H](CO)C(=O)NN3CCOCC3)cc(=O)oc2c1. The van der Waals surface area contributed by atoms with E-state index in [0.29, 0.717) is 48.6 Å². The molecule has 0 radical (unpaired) electrons. The van der Waals surface area contributed by atoms with Gasteiger partial charge in [0.05, 0.1) is 33.4 Å². The number of amides is 2. The van der Waals surface area contributed by atoms with Crippen molar-refractivity contribution < 1.29 is 28.6 Å². The second-order valence-electron chi connectivity index (χ2n) is 6.51. The zero-order valence-corrected chi connectivity index (χ0v) is 16.0. The molecule has 29 heavy (non-hydrogen) atoms. The summed E-state index contributed by atoms with van der Waals surface area (Å²) in [5.41, 5.74) is 2.79. The molecule has 1 saturated heterocycles. The molecule has 10 nitrogen and oxygen atoms in total. The number of hydrogen-bond acceptors (Lipinski definition) is 8. The largest absolute Gasteiger partial charge is 0.497 e. The number of carbonyl (C=O) groups excluding carboxylic acids is 2. The number of morpholine rings is 1. The Balaban J connectivity index is 1.68. The second kappa shape index (κ2) is 9.50. The Labute approximate surface area is 166 Å². The molecule has 10 heteroatoms. The van der Waals surface area contributed by atoms with Gasteiger partial charge in [-0.2, -0.15) is 0 Å². The zero-order chi connectivity index (χ0) is 20.8. The number of aliphatic hydroxyl groups is 1. The molecule has 0 spiro atoms. The first kappa shape index (κ1) is 20.8. The summed E-state index contributed by atoms with van der Waals surface area (Å²) in [7, 11) is 1.49. The van der Waals surface area contributed by atoms with Gasteiger partial charge in [0, 0.05) is 30.6 Å². The number of fused-ring (bicyclic) bond motifs is 1. The Kier molecular flexibility index (Phi) is 6.81. The third kappa shape index (κ3) is 5.31. The summed E-state index contributed by atoms with van der Waals surface area (Å²) >= 11 is 0. The lowest BCUT2D eigenvalue weighted by molar-refractivity contribution is -0.134. The van der Waals surface area contributed by atoms with Crippen molar-refractivity contribution in [1.82, 2.24) is 15.8 Å². The monoisotopic (exact) mass is 405 g/mol. The summed E-state index contributed by atoms with van der Waals surface area (Å²) in [5.74, 6) is -0.517. The van der Waals surface area contributed by atoms with Crippen molar-refractivity contribution in [2.75, 3.05) is 40.0 Å². The molecule has 156 valence electrons. The Bertz CT molecular complexity index is 937. The maximum Gasteiger partial charge on any atom is 0.336 e. The fourth-order valence-electron chi connectivity index (χ4n) is 3.00. The van der Waals surface area contributed by atoms with E-state index in [2.05, 4.69) is 10.7 Å². The van der Waals surface area contributed by atoms with Crippen molar-refractivity contribution >= 4 is 22.8 Å². The average Bonchev–Trinajstić information content (AvgIpc) is 2.72. The van der Waals surface area contributed by atoms with Gasteiger partial charge in [-0.05, 0) is 17.7 Å². The van der Waals surface area contributed by atoms with Gasteiger partial charge in [0.25, 0.3) is 5.91 Å². The van der Waals surface area contributed by atoms with Crippen LogP contribution in [0.5, 0.6) is 5.75 Å². The molecule has 2 heterocycles. The Morgan fingerprint density at radius 2 is 2.03 bits per heavy atom. The summed E-state index contributed by atoms with van der Waals surface area (Å²) in [6, 6.07) is 5.06. The fourth-order valence-corrected chi connectivity index (χ4v) is 3.00. The number of hydrogen-bond donors (Lipinski definition) is 3. The number of methoxy groups -OCH3 is 1. The average molecular weight is 405 g/mol. The van der Waals surface area contributed by atoms with Gasteiger partial charge in [0.15, 0.2) is 0 Å². The van der Waals surface area contributed by atoms with Crippen LogP contribution < -0.4 is 21.1 Å². The number of ether oxygens (including phenoxy) is 2. The van der Waals surface area contributed by atoms with Gasteiger partial charge in [-0.15, -0.1) is 0 Å². The molecule has 0 saturated carbocycles. The summed E-state index contributed by atoms with van der Waals surface area (Å²) in [5, 5.41) is 14.3. The van der Waals surface area contributed by atoms with Crippen LogP contribution in [0.2, 0.25) is 0 Å². The minimum absolute atomic E-state index is 0.157. The number of carbonyl (C=O) groups is 2. The van der Waals surface area contributed by atoms with E-state index in [9.17, 15) is 19.5 Å². The molecule has 1 aliphatic rings. The van der Waals surface area contributed by atoms with Crippen LogP contribution in [0.25, 0.3) is 11.0 Å². The van der Waals surface area contributed by atoms with Crippen molar-refractivity contribution in [3.8, 4) is 5.75 Å². The van der Waals surface area contributed by atoms with Gasteiger partial charge in [0.1, 0.15) is 17.4 Å². The normalized spacial score (nSPS) is 15.7. The number of aliphatic hydroxyl groups excluding tert-OH is 1. The van der Waals surface area contributed by atoms with E-state index in [1.54, 1.807) is 23.2 Å². The van der Waals surface area contributed by atoms with Gasteiger partial charge >= 0.3 is 5.63 Å². The van der Waals surface area contributed by atoms with E-state index in [1.165, 1.54) is 13.2 Å². The van der Waals surface area contributed by atoms with Crippen molar-refractivity contribution in [3.05, 3.63) is 40.2 Å². The van der Waals surface area contributed by atoms with Crippen LogP contribution in [-0.4, -0.2) is 68.0 Å². The van der Waals surface area contributed by atoms with Crippen molar-refractivity contribution in [3.63, 3.8) is 0 Å². The molecule has 3 N–H and O–H groups in total. The second-order valence-corrected chi connectivity index (χ2v) is 6.51. The van der Waals surface area contributed by atoms with E-state index in [1.807, 2.05) is 0 Å². The Morgan fingerprint density at radius 1 is 1.28 bits per heavy atom. The van der Waals surface area contributed by atoms with Gasteiger partial charge in [-0.3, -0.25) is 15.0 Å². The van der Waals surface area contributed by atoms with Crippen molar-refractivity contribution in [2.24, 2.45) is 0 Å². The Hall–Kier alpha value is -2.95. The quantitative estimate of drug-likeness (QED) is 0.510. The summed E-state index contributed by atoms with van der Waals surface area (Å²) in [4.78, 5) is 36.6. The van der Waals surface area contributed by atoms with Gasteiger partial charge < -0.3 is 24.3 Å². The maximum atomic E-state index is 12.5. The molecule has 1 aliphatic heterocycles. The van der Waals surface area contributed by atoms with Crippen LogP contribution in [0.3, 0.4) is 0 Å². The minimum atomic E-state index is -1.11. The summed E-state index contributed by atoms with van der Waals surface area (Å²) in [6.07, 6.45) is -0.157. The van der Waals surface area contributed by atoms with E-state index in [4.69, 9.17) is 13.9 Å². The van der Waals surface area contributed by atoms with Crippen LogP contribution in [-0.2, 0) is 20.7 Å². The Morgan fingerprint density at radius 3 is 2.72 bits per heavy atom. The van der Waals surface area contributed by atoms with Crippen molar-refractivity contribution in [2.45, 2.75) is 12.5 Å². The molecular weight excluding hydrogens is 382 g/mol. The number of nitrogens with zero attached hydrogens (tertiary/aromatic N) is 1. The number of rotatable bonds is 7. The molecule has 0 bridgehead atoms. The number of nitrogens with one attached hydrogen (secondary N) is 2. The predicted molar refractivity (Wildman–Crippen MR) is 102 cm³/mol. The molecule has 2 amide bonds. The van der Waals surface area contributed by atoms with Gasteiger partial charge in [0.2, 0.25) is 5.91 Å². The van der Waals surface area contributed by atoms with Crippen LogP contribution in [0.15, 0.2) is 33.5 Å². The minimum Gasteiger partial charge on any atom is -0.497 e. The van der Waals surface area contributed by atoms with E-state index in [-0.39, 0.29) is 6.42 Å². The molecule has 1 fully saturated rings. The highest BCUT2D eigenvalue weighted by Gasteiger charge is 2.23. The molecular formula is C19H23N3O7. The van der Waals surface area contributed by atoms with E-state index >= 15 is 0 Å². The third-order valence-electron chi connectivity index (χ3n) is 4.50. The van der Waals surface area contributed by atoms with Gasteiger partial charge in [-0.25, -0.2) is 9.80 Å². The highest BCUT2D eigenvalue weighted by atomic mass is 16.5.